The van der Waals surface area contributed by atoms with Crippen LogP contribution in [0.15, 0.2) is 22.7 Å². The normalized spacial score (nSPS) is 11.4. The van der Waals surface area contributed by atoms with Gasteiger partial charge >= 0.3 is 0 Å². The van der Waals surface area contributed by atoms with E-state index in [2.05, 4.69) is 39.9 Å². The third kappa shape index (κ3) is 1.90. The first-order chi connectivity index (χ1) is 10.2. The number of nitrogen functional groups attached to an aromatic ring is 2. The zero-order chi connectivity index (χ0) is 14.4. The van der Waals surface area contributed by atoms with Crippen LogP contribution in [0.5, 0.6) is 0 Å². The Balaban J connectivity index is 1.90. The molecule has 4 heterocycles. The van der Waals surface area contributed by atoms with Crippen molar-refractivity contribution < 1.29 is 0 Å². The zero-order valence-electron chi connectivity index (χ0n) is 10.4. The number of aromatic nitrogens is 8. The zero-order valence-corrected chi connectivity index (χ0v) is 11.2. The monoisotopic (exact) mass is 300 g/mol. The van der Waals surface area contributed by atoms with E-state index in [1.54, 1.807) is 0 Å². The SMILES string of the molecule is Nc1nc(Sc2nc(N)nc3nc[nH]c23)c2[nH]cnc2n1. The predicted molar refractivity (Wildman–Crippen MR) is 76.3 cm³/mol. The van der Waals surface area contributed by atoms with Crippen molar-refractivity contribution in [3.05, 3.63) is 12.7 Å². The van der Waals surface area contributed by atoms with Crippen molar-refractivity contribution in [1.82, 2.24) is 39.9 Å². The number of nitrogens with zero attached hydrogens (tertiary/aromatic N) is 6. The number of nitrogens with two attached hydrogens (primary N) is 2. The lowest BCUT2D eigenvalue weighted by Crippen LogP contribution is -1.99. The van der Waals surface area contributed by atoms with Crippen molar-refractivity contribution in [1.29, 1.82) is 0 Å². The van der Waals surface area contributed by atoms with Gasteiger partial charge in [-0.2, -0.15) is 9.97 Å². The Labute approximate surface area is 120 Å². The minimum absolute atomic E-state index is 0.139. The molecule has 0 radical (unpaired) electrons. The summed E-state index contributed by atoms with van der Waals surface area (Å²) < 4.78 is 0. The maximum absolute atomic E-state index is 5.69. The van der Waals surface area contributed by atoms with Crippen molar-refractivity contribution in [2.24, 2.45) is 0 Å². The summed E-state index contributed by atoms with van der Waals surface area (Å²) in [5.41, 5.74) is 13.7. The van der Waals surface area contributed by atoms with Crippen LogP contribution >= 0.6 is 11.8 Å². The molecule has 4 aromatic heterocycles. The number of H-pyrrole nitrogens is 2. The molecule has 21 heavy (non-hydrogen) atoms. The van der Waals surface area contributed by atoms with Gasteiger partial charge in [0.25, 0.3) is 0 Å². The van der Waals surface area contributed by atoms with Crippen molar-refractivity contribution in [2.45, 2.75) is 10.1 Å². The number of fused-ring (bicyclic) bond motifs is 2. The summed E-state index contributed by atoms with van der Waals surface area (Å²) in [4.78, 5) is 30.6. The Kier molecular flexibility index (Phi) is 2.41. The highest BCUT2D eigenvalue weighted by molar-refractivity contribution is 7.99. The topological polar surface area (TPSA) is 161 Å². The fourth-order valence-electron chi connectivity index (χ4n) is 1.88. The minimum atomic E-state index is 0.139. The van der Waals surface area contributed by atoms with Gasteiger partial charge in [-0.3, -0.25) is 0 Å². The molecule has 4 aromatic rings. The molecule has 4 rings (SSSR count). The third-order valence-electron chi connectivity index (χ3n) is 2.73. The van der Waals surface area contributed by atoms with Crippen LogP contribution in [-0.2, 0) is 0 Å². The average Bonchev–Trinajstić information content (AvgIpc) is 3.06. The fraction of sp³-hybridized carbons (Fsp3) is 0. The molecular weight excluding hydrogens is 292 g/mol. The molecule has 0 fully saturated rings. The van der Waals surface area contributed by atoms with E-state index >= 15 is 0 Å². The first-order valence-corrected chi connectivity index (χ1v) is 6.63. The summed E-state index contributed by atoms with van der Waals surface area (Å²) in [6.45, 7) is 0. The maximum Gasteiger partial charge on any atom is 0.223 e. The maximum atomic E-state index is 5.69. The lowest BCUT2D eigenvalue weighted by molar-refractivity contribution is 1.07. The summed E-state index contributed by atoms with van der Waals surface area (Å²) in [7, 11) is 0. The summed E-state index contributed by atoms with van der Waals surface area (Å²) in [6.07, 6.45) is 3.06. The molecule has 0 amide bonds. The van der Waals surface area contributed by atoms with E-state index in [-0.39, 0.29) is 11.9 Å². The first-order valence-electron chi connectivity index (χ1n) is 5.82. The van der Waals surface area contributed by atoms with Gasteiger partial charge in [-0.1, -0.05) is 0 Å². The van der Waals surface area contributed by atoms with Crippen LogP contribution in [0.2, 0.25) is 0 Å². The lowest BCUT2D eigenvalue weighted by Gasteiger charge is -2.04. The van der Waals surface area contributed by atoms with E-state index in [1.165, 1.54) is 24.4 Å². The highest BCUT2D eigenvalue weighted by Gasteiger charge is 2.15. The number of nitrogens with one attached hydrogen (secondary N) is 2. The summed E-state index contributed by atoms with van der Waals surface area (Å²) in [5.74, 6) is 0.278. The second-order valence-electron chi connectivity index (χ2n) is 4.08. The quantitative estimate of drug-likeness (QED) is 0.382. The first kappa shape index (κ1) is 11.8. The van der Waals surface area contributed by atoms with E-state index in [9.17, 15) is 0 Å². The molecule has 0 aliphatic carbocycles. The van der Waals surface area contributed by atoms with Crippen LogP contribution in [0, 0.1) is 0 Å². The van der Waals surface area contributed by atoms with Gasteiger partial charge in [0.1, 0.15) is 21.1 Å². The highest BCUT2D eigenvalue weighted by Crippen LogP contribution is 2.32. The van der Waals surface area contributed by atoms with Crippen LogP contribution in [0.25, 0.3) is 22.3 Å². The van der Waals surface area contributed by atoms with Crippen molar-refractivity contribution in [3.8, 4) is 0 Å². The van der Waals surface area contributed by atoms with Crippen LogP contribution in [0.1, 0.15) is 0 Å². The van der Waals surface area contributed by atoms with Gasteiger partial charge < -0.3 is 21.4 Å². The van der Waals surface area contributed by atoms with E-state index in [1.807, 2.05) is 0 Å². The Hall–Kier alpha value is -2.95. The molecule has 0 aliphatic rings. The summed E-state index contributed by atoms with van der Waals surface area (Å²) in [5, 5.41) is 1.20. The molecule has 0 atom stereocenters. The molecule has 0 aliphatic heterocycles. The van der Waals surface area contributed by atoms with Crippen molar-refractivity contribution in [2.75, 3.05) is 11.5 Å². The van der Waals surface area contributed by atoms with Gasteiger partial charge in [0.2, 0.25) is 11.9 Å². The second-order valence-corrected chi connectivity index (χ2v) is 5.06. The lowest BCUT2D eigenvalue weighted by atomic mass is 10.5. The molecule has 0 bridgehead atoms. The van der Waals surface area contributed by atoms with E-state index in [0.717, 1.165) is 0 Å². The Morgan fingerprint density at radius 3 is 1.71 bits per heavy atom. The molecule has 10 nitrogen and oxygen atoms in total. The van der Waals surface area contributed by atoms with Crippen LogP contribution < -0.4 is 11.5 Å². The second kappa shape index (κ2) is 4.28. The van der Waals surface area contributed by atoms with Gasteiger partial charge in [0.05, 0.1) is 12.7 Å². The van der Waals surface area contributed by atoms with Gasteiger partial charge in [-0.25, -0.2) is 19.9 Å². The Morgan fingerprint density at radius 1 is 0.762 bits per heavy atom. The highest BCUT2D eigenvalue weighted by atomic mass is 32.2. The molecule has 6 N–H and O–H groups in total. The van der Waals surface area contributed by atoms with E-state index < -0.39 is 0 Å². The predicted octanol–water partition coefficient (Wildman–Crippen LogP) is 0.335. The average molecular weight is 300 g/mol. The van der Waals surface area contributed by atoms with Gasteiger partial charge in [-0.05, 0) is 11.8 Å². The summed E-state index contributed by atoms with van der Waals surface area (Å²) in [6, 6.07) is 0. The number of hydrogen-bond acceptors (Lipinski definition) is 9. The standard InChI is InChI=1S/C10H8N10S/c11-9-17-5-3(13-1-15-5)7(19-9)21-8-4-6(16-2-14-4)18-10(12)20-8/h1-2H,(H3,11,13,15,17,19)(H3,12,14,16,18,20). The summed E-state index contributed by atoms with van der Waals surface area (Å²) >= 11 is 1.28. The van der Waals surface area contributed by atoms with Crippen molar-refractivity contribution >= 4 is 46.0 Å². The number of aromatic amines is 2. The third-order valence-corrected chi connectivity index (χ3v) is 3.71. The van der Waals surface area contributed by atoms with Crippen LogP contribution in [-0.4, -0.2) is 39.9 Å². The van der Waals surface area contributed by atoms with E-state index in [0.29, 0.717) is 32.4 Å². The molecule has 0 saturated carbocycles. The molecule has 0 unspecified atom stereocenters. The number of imidazole rings is 2. The fourth-order valence-corrected chi connectivity index (χ4v) is 2.85. The van der Waals surface area contributed by atoms with Crippen LogP contribution in [0.4, 0.5) is 11.9 Å². The van der Waals surface area contributed by atoms with Gasteiger partial charge in [-0.15, -0.1) is 0 Å². The molecule has 104 valence electrons. The van der Waals surface area contributed by atoms with Crippen LogP contribution in [0.3, 0.4) is 0 Å². The minimum Gasteiger partial charge on any atom is -0.368 e. The number of hydrogen-bond donors (Lipinski definition) is 4. The Bertz CT molecular complexity index is 879. The van der Waals surface area contributed by atoms with Gasteiger partial charge in [0.15, 0.2) is 11.3 Å². The largest absolute Gasteiger partial charge is 0.368 e. The molecule has 11 heteroatoms. The Morgan fingerprint density at radius 2 is 1.24 bits per heavy atom. The van der Waals surface area contributed by atoms with Crippen molar-refractivity contribution in [3.63, 3.8) is 0 Å². The van der Waals surface area contributed by atoms with E-state index in [4.69, 9.17) is 11.5 Å². The number of anilines is 2. The van der Waals surface area contributed by atoms with Gasteiger partial charge in [0, 0.05) is 0 Å². The molecule has 0 aromatic carbocycles. The molecular formula is C10H8N10S. The molecule has 0 spiro atoms. The molecule has 0 saturated heterocycles. The number of rotatable bonds is 2. The smallest absolute Gasteiger partial charge is 0.223 e.